The molecule has 0 bridgehead atoms. The highest BCUT2D eigenvalue weighted by Gasteiger charge is 2.41. The van der Waals surface area contributed by atoms with E-state index in [2.05, 4.69) is 24.1 Å². The molecule has 2 atom stereocenters. The molecule has 1 saturated heterocycles. The molecule has 1 aromatic heterocycles. The second-order valence-corrected chi connectivity index (χ2v) is 10.3. The summed E-state index contributed by atoms with van der Waals surface area (Å²) in [4.78, 5) is 18.7. The number of benzene rings is 1. The third-order valence-electron chi connectivity index (χ3n) is 6.95. The van der Waals surface area contributed by atoms with E-state index in [4.69, 9.17) is 9.15 Å². The van der Waals surface area contributed by atoms with Gasteiger partial charge in [0, 0.05) is 30.3 Å². The van der Waals surface area contributed by atoms with Crippen molar-refractivity contribution in [3.63, 3.8) is 0 Å². The Morgan fingerprint density at radius 3 is 2.60 bits per heavy atom. The maximum atomic E-state index is 14.8. The van der Waals surface area contributed by atoms with Crippen molar-refractivity contribution in [3.8, 4) is 5.75 Å². The number of amides is 1. The lowest BCUT2D eigenvalue weighted by Crippen LogP contribution is -2.54. The van der Waals surface area contributed by atoms with E-state index < -0.39 is 35.8 Å². The molecule has 1 N–H and O–H groups in total. The average molecular weight is 498 g/mol. The van der Waals surface area contributed by atoms with Crippen LogP contribution in [0.3, 0.4) is 0 Å². The monoisotopic (exact) mass is 497 g/mol. The fraction of sp³-hybridized carbons (Fsp3) is 0.600. The van der Waals surface area contributed by atoms with Gasteiger partial charge in [-0.05, 0) is 50.2 Å². The van der Waals surface area contributed by atoms with E-state index in [1.165, 1.54) is 6.07 Å². The standard InChI is InChI=1S/C25H31F4N3O3/c1-5-24(4)12-32(13-24)23-31-20(19(35-23)11-25(27,28)29)22(33)30-16-9-15(3)21(18(26)10-16)34-17-7-6-14(2)8-17/h9-10,14,17H,5-8,11-13H2,1-4H3,(H,30,33). The van der Waals surface area contributed by atoms with E-state index in [1.807, 2.05) is 6.92 Å². The van der Waals surface area contributed by atoms with Crippen LogP contribution in [0.15, 0.2) is 16.5 Å². The molecule has 2 fully saturated rings. The van der Waals surface area contributed by atoms with E-state index in [-0.39, 0.29) is 29.0 Å². The van der Waals surface area contributed by atoms with Crippen LogP contribution in [-0.4, -0.2) is 36.3 Å². The number of hydrogen-bond donors (Lipinski definition) is 1. The van der Waals surface area contributed by atoms with Gasteiger partial charge in [0.05, 0.1) is 6.10 Å². The van der Waals surface area contributed by atoms with Gasteiger partial charge in [-0.3, -0.25) is 4.79 Å². The number of aryl methyl sites for hydroxylation is 1. The number of ether oxygens (including phenoxy) is 1. The van der Waals surface area contributed by atoms with Crippen molar-refractivity contribution in [2.75, 3.05) is 23.3 Å². The van der Waals surface area contributed by atoms with E-state index in [0.29, 0.717) is 24.6 Å². The number of oxazole rings is 1. The molecule has 2 aromatic rings. The molecule has 1 saturated carbocycles. The molecule has 2 unspecified atom stereocenters. The van der Waals surface area contributed by atoms with Gasteiger partial charge in [-0.2, -0.15) is 18.2 Å². The SMILES string of the molecule is CCC1(C)CN(c2nc(C(=O)Nc3cc(C)c(OC4CCC(C)C4)c(F)c3)c(CC(F)(F)F)o2)C1. The molecule has 1 aromatic carbocycles. The van der Waals surface area contributed by atoms with Gasteiger partial charge in [-0.15, -0.1) is 0 Å². The second kappa shape index (κ2) is 9.35. The third-order valence-corrected chi connectivity index (χ3v) is 6.95. The zero-order chi connectivity index (χ0) is 25.5. The summed E-state index contributed by atoms with van der Waals surface area (Å²) >= 11 is 0. The maximum absolute atomic E-state index is 14.8. The van der Waals surface area contributed by atoms with E-state index in [0.717, 1.165) is 31.7 Å². The van der Waals surface area contributed by atoms with Crippen LogP contribution in [0.5, 0.6) is 5.75 Å². The van der Waals surface area contributed by atoms with Crippen molar-refractivity contribution < 1.29 is 31.5 Å². The Labute approximate surface area is 202 Å². The molecule has 1 amide bonds. The highest BCUT2D eigenvalue weighted by molar-refractivity contribution is 6.04. The Kier molecular flexibility index (Phi) is 6.76. The Hall–Kier alpha value is -2.78. The molecule has 192 valence electrons. The number of rotatable bonds is 7. The first-order chi connectivity index (χ1) is 16.4. The predicted molar refractivity (Wildman–Crippen MR) is 123 cm³/mol. The number of hydrogen-bond acceptors (Lipinski definition) is 5. The van der Waals surface area contributed by atoms with Gasteiger partial charge in [0.1, 0.15) is 12.2 Å². The summed E-state index contributed by atoms with van der Waals surface area (Å²) in [6, 6.07) is 2.61. The van der Waals surface area contributed by atoms with Crippen molar-refractivity contribution in [2.45, 2.75) is 72.1 Å². The fourth-order valence-electron chi connectivity index (χ4n) is 4.76. The van der Waals surface area contributed by atoms with Crippen LogP contribution in [0.25, 0.3) is 0 Å². The number of carbonyl (C=O) groups is 1. The van der Waals surface area contributed by atoms with Crippen molar-refractivity contribution in [3.05, 3.63) is 35.0 Å². The molecule has 0 spiro atoms. The van der Waals surface area contributed by atoms with Crippen molar-refractivity contribution in [1.82, 2.24) is 4.98 Å². The minimum absolute atomic E-state index is 0.0165. The molecule has 10 heteroatoms. The zero-order valence-electron chi connectivity index (χ0n) is 20.4. The van der Waals surface area contributed by atoms with Gasteiger partial charge in [0.15, 0.2) is 17.3 Å². The number of nitrogens with one attached hydrogen (secondary N) is 1. The predicted octanol–water partition coefficient (Wildman–Crippen LogP) is 6.28. The highest BCUT2D eigenvalue weighted by atomic mass is 19.4. The van der Waals surface area contributed by atoms with Crippen LogP contribution < -0.4 is 15.0 Å². The van der Waals surface area contributed by atoms with Gasteiger partial charge < -0.3 is 19.4 Å². The van der Waals surface area contributed by atoms with Crippen LogP contribution in [0, 0.1) is 24.1 Å². The Balaban J connectivity index is 1.52. The van der Waals surface area contributed by atoms with Crippen molar-refractivity contribution in [1.29, 1.82) is 0 Å². The lowest BCUT2D eigenvalue weighted by atomic mass is 9.80. The number of anilines is 2. The first-order valence-electron chi connectivity index (χ1n) is 12.0. The van der Waals surface area contributed by atoms with Crippen molar-refractivity contribution in [2.24, 2.45) is 11.3 Å². The Morgan fingerprint density at radius 2 is 2.03 bits per heavy atom. The number of alkyl halides is 3. The third kappa shape index (κ3) is 5.73. The van der Waals surface area contributed by atoms with Crippen LogP contribution in [0.2, 0.25) is 0 Å². The van der Waals surface area contributed by atoms with E-state index >= 15 is 0 Å². The molecule has 4 rings (SSSR count). The summed E-state index contributed by atoms with van der Waals surface area (Å²) in [5.74, 6) is -1.46. The normalized spacial score (nSPS) is 21.7. The number of nitrogens with zero attached hydrogens (tertiary/aromatic N) is 2. The summed E-state index contributed by atoms with van der Waals surface area (Å²) in [5.41, 5.74) is 0.148. The highest BCUT2D eigenvalue weighted by Crippen LogP contribution is 2.38. The largest absolute Gasteiger partial charge is 0.487 e. The summed E-state index contributed by atoms with van der Waals surface area (Å²) < 4.78 is 65.5. The summed E-state index contributed by atoms with van der Waals surface area (Å²) in [5, 5.41) is 2.47. The average Bonchev–Trinajstić information content (AvgIpc) is 3.33. The summed E-state index contributed by atoms with van der Waals surface area (Å²) in [6.45, 7) is 9.02. The van der Waals surface area contributed by atoms with Gasteiger partial charge in [-0.1, -0.05) is 20.8 Å². The van der Waals surface area contributed by atoms with Gasteiger partial charge in [-0.25, -0.2) is 4.39 Å². The number of halogens is 4. The van der Waals surface area contributed by atoms with Gasteiger partial charge in [0.25, 0.3) is 11.9 Å². The van der Waals surface area contributed by atoms with Gasteiger partial charge in [0.2, 0.25) is 0 Å². The summed E-state index contributed by atoms with van der Waals surface area (Å²) in [6.07, 6.45) is -2.45. The van der Waals surface area contributed by atoms with Crippen LogP contribution in [0.4, 0.5) is 29.3 Å². The Bertz CT molecular complexity index is 1070. The smallest absolute Gasteiger partial charge is 0.396 e. The lowest BCUT2D eigenvalue weighted by molar-refractivity contribution is -0.130. The Morgan fingerprint density at radius 1 is 1.31 bits per heavy atom. The number of carbonyl (C=O) groups excluding carboxylic acids is 1. The fourth-order valence-corrected chi connectivity index (χ4v) is 4.76. The van der Waals surface area contributed by atoms with E-state index in [9.17, 15) is 22.4 Å². The molecule has 2 aliphatic rings. The minimum atomic E-state index is -4.59. The second-order valence-electron chi connectivity index (χ2n) is 10.3. The molecule has 2 heterocycles. The first-order valence-corrected chi connectivity index (χ1v) is 12.0. The van der Waals surface area contributed by atoms with Crippen LogP contribution in [0.1, 0.15) is 68.3 Å². The topological polar surface area (TPSA) is 67.6 Å². The minimum Gasteiger partial charge on any atom is -0.487 e. The van der Waals surface area contributed by atoms with Crippen molar-refractivity contribution >= 4 is 17.6 Å². The quantitative estimate of drug-likeness (QED) is 0.456. The number of aromatic nitrogens is 1. The van der Waals surface area contributed by atoms with Crippen LogP contribution in [-0.2, 0) is 6.42 Å². The molecular formula is C25H31F4N3O3. The zero-order valence-corrected chi connectivity index (χ0v) is 20.4. The molecule has 1 aliphatic carbocycles. The van der Waals surface area contributed by atoms with Crippen LogP contribution >= 0.6 is 0 Å². The first kappa shape index (κ1) is 25.3. The van der Waals surface area contributed by atoms with Gasteiger partial charge >= 0.3 is 6.18 Å². The lowest BCUT2D eigenvalue weighted by Gasteiger charge is -2.46. The molecule has 1 aliphatic heterocycles. The maximum Gasteiger partial charge on any atom is 0.396 e. The molecule has 35 heavy (non-hydrogen) atoms. The molecule has 0 radical (unpaired) electrons. The summed E-state index contributed by atoms with van der Waals surface area (Å²) in [7, 11) is 0. The van der Waals surface area contributed by atoms with E-state index in [1.54, 1.807) is 11.8 Å². The molecule has 6 nitrogen and oxygen atoms in total. The molecular weight excluding hydrogens is 466 g/mol.